The van der Waals surface area contributed by atoms with Crippen LogP contribution in [-0.2, 0) is 9.59 Å². The van der Waals surface area contributed by atoms with E-state index in [1.807, 2.05) is 0 Å². The van der Waals surface area contributed by atoms with E-state index in [2.05, 4.69) is 0 Å². The third-order valence-corrected chi connectivity index (χ3v) is 3.77. The summed E-state index contributed by atoms with van der Waals surface area (Å²) in [4.78, 5) is 25.4. The molecule has 0 spiro atoms. The summed E-state index contributed by atoms with van der Waals surface area (Å²) in [5.74, 6) is 0.677. The Hall–Kier alpha value is -0.860. The molecule has 1 heterocycles. The zero-order valence-electron chi connectivity index (χ0n) is 9.91. The Morgan fingerprint density at radius 2 is 1.75 bits per heavy atom. The second-order valence-corrected chi connectivity index (χ2v) is 5.09. The Bertz CT molecular complexity index is 267. The number of Topliss-reactive ketones (excluding diaryl/α,β-unsaturated/α-hetero) is 1. The molecule has 0 aromatic rings. The summed E-state index contributed by atoms with van der Waals surface area (Å²) in [5.41, 5.74) is 0. The molecule has 2 fully saturated rings. The number of ketones is 1. The van der Waals surface area contributed by atoms with E-state index in [4.69, 9.17) is 0 Å². The third kappa shape index (κ3) is 2.83. The number of carbonyl (C=O) groups excluding carboxylic acids is 2. The highest BCUT2D eigenvalue weighted by Crippen LogP contribution is 2.25. The van der Waals surface area contributed by atoms with E-state index >= 15 is 0 Å². The largest absolute Gasteiger partial charge is 0.335 e. The highest BCUT2D eigenvalue weighted by molar-refractivity contribution is 5.88. The molecule has 1 saturated heterocycles. The topological polar surface area (TPSA) is 37.4 Å². The number of rotatable bonds is 1. The van der Waals surface area contributed by atoms with Crippen LogP contribution in [0.25, 0.3) is 0 Å². The maximum atomic E-state index is 12.2. The van der Waals surface area contributed by atoms with Crippen LogP contribution in [0.3, 0.4) is 0 Å². The molecule has 3 nitrogen and oxygen atoms in total. The average Bonchev–Trinajstić information content (AvgIpc) is 2.56. The SMILES string of the molecule is O=C1CCCN(C(=O)C2CCCCCC2)C1. The summed E-state index contributed by atoms with van der Waals surface area (Å²) < 4.78 is 0. The van der Waals surface area contributed by atoms with Crippen LogP contribution >= 0.6 is 0 Å². The fourth-order valence-corrected chi connectivity index (χ4v) is 2.81. The van der Waals surface area contributed by atoms with E-state index in [-0.39, 0.29) is 17.6 Å². The molecule has 1 amide bonds. The smallest absolute Gasteiger partial charge is 0.226 e. The summed E-state index contributed by atoms with van der Waals surface area (Å²) in [6, 6.07) is 0. The molecule has 0 aromatic carbocycles. The molecule has 0 atom stereocenters. The molecule has 0 radical (unpaired) electrons. The first kappa shape index (κ1) is 11.6. The van der Waals surface area contributed by atoms with Gasteiger partial charge in [0.15, 0.2) is 5.78 Å². The van der Waals surface area contributed by atoms with Gasteiger partial charge in [-0.1, -0.05) is 25.7 Å². The lowest BCUT2D eigenvalue weighted by Gasteiger charge is -2.29. The predicted octanol–water partition coefficient (Wildman–Crippen LogP) is 2.15. The Morgan fingerprint density at radius 3 is 2.38 bits per heavy atom. The van der Waals surface area contributed by atoms with Gasteiger partial charge in [-0.3, -0.25) is 9.59 Å². The van der Waals surface area contributed by atoms with Gasteiger partial charge < -0.3 is 4.90 Å². The number of amides is 1. The minimum absolute atomic E-state index is 0.202. The van der Waals surface area contributed by atoms with Crippen LogP contribution in [0.5, 0.6) is 0 Å². The van der Waals surface area contributed by atoms with Crippen molar-refractivity contribution in [2.45, 2.75) is 51.4 Å². The van der Waals surface area contributed by atoms with Crippen LogP contribution in [0.15, 0.2) is 0 Å². The molecule has 2 rings (SSSR count). The number of hydrogen-bond donors (Lipinski definition) is 0. The summed E-state index contributed by atoms with van der Waals surface area (Å²) in [7, 11) is 0. The van der Waals surface area contributed by atoms with Gasteiger partial charge in [0.25, 0.3) is 0 Å². The molecule has 1 aliphatic carbocycles. The first-order chi connectivity index (χ1) is 7.77. The maximum Gasteiger partial charge on any atom is 0.226 e. The third-order valence-electron chi connectivity index (χ3n) is 3.77. The second-order valence-electron chi connectivity index (χ2n) is 5.09. The zero-order valence-corrected chi connectivity index (χ0v) is 9.91. The first-order valence-corrected chi connectivity index (χ1v) is 6.58. The van der Waals surface area contributed by atoms with Crippen molar-refractivity contribution in [1.29, 1.82) is 0 Å². The van der Waals surface area contributed by atoms with Crippen LogP contribution in [0.4, 0.5) is 0 Å². The van der Waals surface area contributed by atoms with Gasteiger partial charge in [0.1, 0.15) is 0 Å². The summed E-state index contributed by atoms with van der Waals surface area (Å²) >= 11 is 0. The lowest BCUT2D eigenvalue weighted by molar-refractivity contribution is -0.141. The molecule has 3 heteroatoms. The van der Waals surface area contributed by atoms with E-state index in [0.29, 0.717) is 13.0 Å². The Kier molecular flexibility index (Phi) is 3.97. The minimum Gasteiger partial charge on any atom is -0.335 e. The zero-order chi connectivity index (χ0) is 11.4. The van der Waals surface area contributed by atoms with Crippen molar-refractivity contribution in [2.24, 2.45) is 5.92 Å². The molecule has 90 valence electrons. The van der Waals surface area contributed by atoms with Gasteiger partial charge in [-0.2, -0.15) is 0 Å². The molecule has 1 aliphatic heterocycles. The molecular weight excluding hydrogens is 202 g/mol. The number of likely N-dealkylation sites (tertiary alicyclic amines) is 1. The van der Waals surface area contributed by atoms with Crippen molar-refractivity contribution >= 4 is 11.7 Å². The van der Waals surface area contributed by atoms with Crippen molar-refractivity contribution < 1.29 is 9.59 Å². The minimum atomic E-state index is 0.202. The highest BCUT2D eigenvalue weighted by atomic mass is 16.2. The normalized spacial score (nSPS) is 24.2. The van der Waals surface area contributed by atoms with Gasteiger partial charge in [-0.25, -0.2) is 0 Å². The fraction of sp³-hybridized carbons (Fsp3) is 0.846. The van der Waals surface area contributed by atoms with Crippen molar-refractivity contribution in [3.05, 3.63) is 0 Å². The van der Waals surface area contributed by atoms with E-state index in [1.165, 1.54) is 25.7 Å². The quantitative estimate of drug-likeness (QED) is 0.639. The summed E-state index contributed by atoms with van der Waals surface area (Å²) in [5, 5.41) is 0. The number of nitrogens with zero attached hydrogens (tertiary/aromatic N) is 1. The molecule has 16 heavy (non-hydrogen) atoms. The summed E-state index contributed by atoms with van der Waals surface area (Å²) in [6.07, 6.45) is 8.47. The van der Waals surface area contributed by atoms with E-state index < -0.39 is 0 Å². The predicted molar refractivity (Wildman–Crippen MR) is 62.0 cm³/mol. The van der Waals surface area contributed by atoms with Crippen molar-refractivity contribution in [1.82, 2.24) is 4.90 Å². The Balaban J connectivity index is 1.91. The molecule has 0 bridgehead atoms. The van der Waals surface area contributed by atoms with Crippen molar-refractivity contribution in [2.75, 3.05) is 13.1 Å². The Labute approximate surface area is 97.2 Å². The molecular formula is C13H21NO2. The average molecular weight is 223 g/mol. The van der Waals surface area contributed by atoms with Crippen LogP contribution in [0, 0.1) is 5.92 Å². The maximum absolute atomic E-state index is 12.2. The van der Waals surface area contributed by atoms with Gasteiger partial charge >= 0.3 is 0 Å². The highest BCUT2D eigenvalue weighted by Gasteiger charge is 2.28. The molecule has 0 aromatic heterocycles. The van der Waals surface area contributed by atoms with Crippen LogP contribution < -0.4 is 0 Å². The molecule has 0 unspecified atom stereocenters. The monoisotopic (exact) mass is 223 g/mol. The van der Waals surface area contributed by atoms with Crippen molar-refractivity contribution in [3.63, 3.8) is 0 Å². The van der Waals surface area contributed by atoms with Gasteiger partial charge in [0, 0.05) is 18.9 Å². The Morgan fingerprint density at radius 1 is 1.06 bits per heavy atom. The lowest BCUT2D eigenvalue weighted by atomic mass is 9.97. The second kappa shape index (κ2) is 5.46. The van der Waals surface area contributed by atoms with Crippen molar-refractivity contribution in [3.8, 4) is 0 Å². The molecule has 0 N–H and O–H groups in total. The number of carbonyl (C=O) groups is 2. The number of hydrogen-bond acceptors (Lipinski definition) is 2. The molecule has 1 saturated carbocycles. The van der Waals surface area contributed by atoms with E-state index in [9.17, 15) is 9.59 Å². The van der Waals surface area contributed by atoms with Crippen LogP contribution in [-0.4, -0.2) is 29.7 Å². The first-order valence-electron chi connectivity index (χ1n) is 6.58. The number of piperidine rings is 1. The van der Waals surface area contributed by atoms with Crippen LogP contribution in [0.1, 0.15) is 51.4 Å². The fourth-order valence-electron chi connectivity index (χ4n) is 2.81. The van der Waals surface area contributed by atoms with Crippen LogP contribution in [0.2, 0.25) is 0 Å². The molecule has 2 aliphatic rings. The van der Waals surface area contributed by atoms with Gasteiger partial charge in [-0.05, 0) is 19.3 Å². The van der Waals surface area contributed by atoms with E-state index in [0.717, 1.165) is 25.8 Å². The van der Waals surface area contributed by atoms with E-state index in [1.54, 1.807) is 4.90 Å². The van der Waals surface area contributed by atoms with Gasteiger partial charge in [0.05, 0.1) is 6.54 Å². The van der Waals surface area contributed by atoms with Gasteiger partial charge in [0.2, 0.25) is 5.91 Å². The standard InChI is InChI=1S/C13H21NO2/c15-12-8-5-9-14(10-12)13(16)11-6-3-1-2-4-7-11/h11H,1-10H2. The summed E-state index contributed by atoms with van der Waals surface area (Å²) in [6.45, 7) is 1.16. The van der Waals surface area contributed by atoms with Gasteiger partial charge in [-0.15, -0.1) is 0 Å². The lowest BCUT2D eigenvalue weighted by Crippen LogP contribution is -2.43.